The van der Waals surface area contributed by atoms with E-state index in [9.17, 15) is 15.2 Å². The Morgan fingerprint density at radius 3 is 2.82 bits per heavy atom. The summed E-state index contributed by atoms with van der Waals surface area (Å²) in [6.45, 7) is 2.44. The third-order valence-corrected chi connectivity index (χ3v) is 2.97. The molecule has 17 heavy (non-hydrogen) atoms. The second kappa shape index (κ2) is 6.56. The second-order valence-electron chi connectivity index (χ2n) is 3.74. The van der Waals surface area contributed by atoms with Crippen molar-refractivity contribution in [2.75, 3.05) is 11.9 Å². The molecule has 0 radical (unpaired) electrons. The Bertz CT molecular complexity index is 398. The molecule has 1 unspecified atom stereocenters. The average Bonchev–Trinajstić information content (AvgIpc) is 2.27. The number of hydrogen-bond donors (Lipinski definition) is 2. The molecule has 0 bridgehead atoms. The SMILES string of the molecule is CCCC(O)CNc1ccc([N+](=O)[O-])cc1Br. The summed E-state index contributed by atoms with van der Waals surface area (Å²) in [6.07, 6.45) is 1.25. The van der Waals surface area contributed by atoms with E-state index in [1.165, 1.54) is 12.1 Å². The van der Waals surface area contributed by atoms with Gasteiger partial charge in [0, 0.05) is 28.8 Å². The van der Waals surface area contributed by atoms with Gasteiger partial charge in [-0.05, 0) is 28.4 Å². The summed E-state index contributed by atoms with van der Waals surface area (Å²) < 4.78 is 0.621. The van der Waals surface area contributed by atoms with E-state index in [-0.39, 0.29) is 5.69 Å². The summed E-state index contributed by atoms with van der Waals surface area (Å²) >= 11 is 3.26. The minimum atomic E-state index is -0.444. The monoisotopic (exact) mass is 302 g/mol. The number of anilines is 1. The van der Waals surface area contributed by atoms with Crippen LogP contribution in [0, 0.1) is 10.1 Å². The van der Waals surface area contributed by atoms with E-state index in [4.69, 9.17) is 0 Å². The summed E-state index contributed by atoms with van der Waals surface area (Å²) in [5, 5.41) is 23.1. The predicted molar refractivity (Wildman–Crippen MR) is 70.2 cm³/mol. The number of rotatable bonds is 6. The molecule has 0 aliphatic rings. The Balaban J connectivity index is 2.63. The molecule has 6 heteroatoms. The maximum atomic E-state index is 10.5. The molecule has 0 aliphatic heterocycles. The van der Waals surface area contributed by atoms with E-state index in [1.807, 2.05) is 6.92 Å². The van der Waals surface area contributed by atoms with Crippen LogP contribution in [0.1, 0.15) is 19.8 Å². The Hall–Kier alpha value is -1.14. The van der Waals surface area contributed by atoms with Gasteiger partial charge in [-0.25, -0.2) is 0 Å². The molecule has 0 saturated carbocycles. The molecule has 0 aromatic heterocycles. The number of aliphatic hydroxyl groups excluding tert-OH is 1. The van der Waals surface area contributed by atoms with Gasteiger partial charge in [0.15, 0.2) is 0 Å². The van der Waals surface area contributed by atoms with Crippen LogP contribution in [0.3, 0.4) is 0 Å². The molecule has 0 saturated heterocycles. The van der Waals surface area contributed by atoms with Crippen LogP contribution >= 0.6 is 15.9 Å². The van der Waals surface area contributed by atoms with E-state index in [0.29, 0.717) is 11.0 Å². The van der Waals surface area contributed by atoms with Crippen LogP contribution in [0.25, 0.3) is 0 Å². The molecular formula is C11H15BrN2O3. The third-order valence-electron chi connectivity index (χ3n) is 2.31. The fraction of sp³-hybridized carbons (Fsp3) is 0.455. The van der Waals surface area contributed by atoms with Crippen molar-refractivity contribution < 1.29 is 10.0 Å². The lowest BCUT2D eigenvalue weighted by Gasteiger charge is -2.12. The molecule has 5 nitrogen and oxygen atoms in total. The fourth-order valence-corrected chi connectivity index (χ4v) is 1.93. The van der Waals surface area contributed by atoms with Gasteiger partial charge in [0.2, 0.25) is 0 Å². The van der Waals surface area contributed by atoms with E-state index < -0.39 is 11.0 Å². The maximum absolute atomic E-state index is 10.5. The normalized spacial score (nSPS) is 12.2. The number of nitrogens with zero attached hydrogens (tertiary/aromatic N) is 1. The topological polar surface area (TPSA) is 75.4 Å². The molecule has 0 heterocycles. The highest BCUT2D eigenvalue weighted by molar-refractivity contribution is 9.10. The van der Waals surface area contributed by atoms with Crippen LogP contribution in [-0.2, 0) is 0 Å². The summed E-state index contributed by atoms with van der Waals surface area (Å²) in [4.78, 5) is 10.1. The minimum Gasteiger partial charge on any atom is -0.391 e. The summed E-state index contributed by atoms with van der Waals surface area (Å²) in [6, 6.07) is 4.49. The zero-order valence-electron chi connectivity index (χ0n) is 9.52. The highest BCUT2D eigenvalue weighted by atomic mass is 79.9. The summed E-state index contributed by atoms with van der Waals surface area (Å²) in [5.41, 5.74) is 0.780. The highest BCUT2D eigenvalue weighted by Gasteiger charge is 2.09. The second-order valence-corrected chi connectivity index (χ2v) is 4.60. The standard InChI is InChI=1S/C11H15BrN2O3/c1-2-3-9(15)7-13-11-5-4-8(14(16)17)6-10(11)12/h4-6,9,13,15H,2-3,7H2,1H3. The Morgan fingerprint density at radius 1 is 1.59 bits per heavy atom. The van der Waals surface area contributed by atoms with Crippen molar-refractivity contribution in [3.63, 3.8) is 0 Å². The third kappa shape index (κ3) is 4.32. The van der Waals surface area contributed by atoms with Gasteiger partial charge in [-0.15, -0.1) is 0 Å². The highest BCUT2D eigenvalue weighted by Crippen LogP contribution is 2.27. The molecular weight excluding hydrogens is 288 g/mol. The van der Waals surface area contributed by atoms with Crippen molar-refractivity contribution in [2.45, 2.75) is 25.9 Å². The average molecular weight is 303 g/mol. The first-order chi connectivity index (χ1) is 8.04. The van der Waals surface area contributed by atoms with E-state index in [0.717, 1.165) is 18.5 Å². The largest absolute Gasteiger partial charge is 0.391 e. The molecule has 1 atom stereocenters. The number of non-ortho nitro benzene ring substituents is 1. The van der Waals surface area contributed by atoms with Crippen molar-refractivity contribution in [3.8, 4) is 0 Å². The number of halogens is 1. The number of hydrogen-bond acceptors (Lipinski definition) is 4. The quantitative estimate of drug-likeness (QED) is 0.626. The van der Waals surface area contributed by atoms with Gasteiger partial charge in [-0.3, -0.25) is 10.1 Å². The number of nitro groups is 1. The molecule has 0 fully saturated rings. The molecule has 0 amide bonds. The van der Waals surface area contributed by atoms with Gasteiger partial charge in [0.05, 0.1) is 11.0 Å². The van der Waals surface area contributed by atoms with Gasteiger partial charge in [0.1, 0.15) is 0 Å². The molecule has 1 aromatic rings. The number of aliphatic hydroxyl groups is 1. The van der Waals surface area contributed by atoms with Crippen LogP contribution in [-0.4, -0.2) is 22.7 Å². The first-order valence-corrected chi connectivity index (χ1v) is 6.19. The predicted octanol–water partition coefficient (Wildman–Crippen LogP) is 2.93. The molecule has 0 spiro atoms. The van der Waals surface area contributed by atoms with Gasteiger partial charge in [-0.2, -0.15) is 0 Å². The Morgan fingerprint density at radius 2 is 2.29 bits per heavy atom. The lowest BCUT2D eigenvalue weighted by atomic mass is 10.2. The van der Waals surface area contributed by atoms with E-state index >= 15 is 0 Å². The molecule has 0 aliphatic carbocycles. The Kier molecular flexibility index (Phi) is 5.37. The maximum Gasteiger partial charge on any atom is 0.270 e. The number of benzene rings is 1. The van der Waals surface area contributed by atoms with E-state index in [1.54, 1.807) is 6.07 Å². The fourth-order valence-electron chi connectivity index (χ4n) is 1.42. The smallest absolute Gasteiger partial charge is 0.270 e. The first kappa shape index (κ1) is 13.9. The zero-order chi connectivity index (χ0) is 12.8. The summed E-state index contributed by atoms with van der Waals surface area (Å²) in [7, 11) is 0. The van der Waals surface area contributed by atoms with Crippen LogP contribution in [0.2, 0.25) is 0 Å². The molecule has 1 aromatic carbocycles. The van der Waals surface area contributed by atoms with Crippen LogP contribution in [0.4, 0.5) is 11.4 Å². The van der Waals surface area contributed by atoms with Crippen molar-refractivity contribution in [3.05, 3.63) is 32.8 Å². The van der Waals surface area contributed by atoms with Crippen LogP contribution in [0.5, 0.6) is 0 Å². The van der Waals surface area contributed by atoms with Gasteiger partial charge in [0.25, 0.3) is 5.69 Å². The van der Waals surface area contributed by atoms with Crippen molar-refractivity contribution in [2.24, 2.45) is 0 Å². The minimum absolute atomic E-state index is 0.0385. The van der Waals surface area contributed by atoms with Gasteiger partial charge < -0.3 is 10.4 Å². The molecule has 1 rings (SSSR count). The van der Waals surface area contributed by atoms with Gasteiger partial charge >= 0.3 is 0 Å². The van der Waals surface area contributed by atoms with E-state index in [2.05, 4.69) is 21.2 Å². The molecule has 2 N–H and O–H groups in total. The summed E-state index contributed by atoms with van der Waals surface area (Å²) in [5.74, 6) is 0. The number of nitrogens with one attached hydrogen (secondary N) is 1. The first-order valence-electron chi connectivity index (χ1n) is 5.40. The lowest BCUT2D eigenvalue weighted by Crippen LogP contribution is -2.19. The molecule has 94 valence electrons. The van der Waals surface area contributed by atoms with Crippen molar-refractivity contribution >= 4 is 27.3 Å². The van der Waals surface area contributed by atoms with Crippen molar-refractivity contribution in [1.29, 1.82) is 0 Å². The van der Waals surface area contributed by atoms with Crippen LogP contribution < -0.4 is 5.32 Å². The van der Waals surface area contributed by atoms with Gasteiger partial charge in [-0.1, -0.05) is 13.3 Å². The number of nitro benzene ring substituents is 1. The zero-order valence-corrected chi connectivity index (χ0v) is 11.1. The Labute approximate surface area is 108 Å². The van der Waals surface area contributed by atoms with Crippen molar-refractivity contribution in [1.82, 2.24) is 0 Å². The van der Waals surface area contributed by atoms with Crippen LogP contribution in [0.15, 0.2) is 22.7 Å². The lowest BCUT2D eigenvalue weighted by molar-refractivity contribution is -0.384.